The average Bonchev–Trinajstić information content (AvgIpc) is 2.58. The highest BCUT2D eigenvalue weighted by molar-refractivity contribution is 7.91. The van der Waals surface area contributed by atoms with Crippen LogP contribution in [0.5, 0.6) is 0 Å². The first kappa shape index (κ1) is 12.4. The molecule has 0 bridgehead atoms. The monoisotopic (exact) mass is 255 g/mol. The Morgan fingerprint density at radius 3 is 2.35 bits per heavy atom. The fraction of sp³-hybridized carbons (Fsp3) is 0.583. The van der Waals surface area contributed by atoms with Gasteiger partial charge in [-0.05, 0) is 18.9 Å². The molecule has 1 fully saturated rings. The van der Waals surface area contributed by atoms with E-state index in [9.17, 15) is 13.6 Å². The first-order chi connectivity index (χ1) is 8.12. The van der Waals surface area contributed by atoms with Crippen LogP contribution in [0.4, 0.5) is 0 Å². The third-order valence-corrected chi connectivity index (χ3v) is 5.57. The van der Waals surface area contributed by atoms with E-state index in [0.717, 1.165) is 25.7 Å². The van der Waals surface area contributed by atoms with Crippen LogP contribution in [0.1, 0.15) is 38.5 Å². The second kappa shape index (κ2) is 5.04. The van der Waals surface area contributed by atoms with Gasteiger partial charge in [0.15, 0.2) is 6.20 Å². The van der Waals surface area contributed by atoms with Crippen LogP contribution in [0, 0.1) is 5.21 Å². The maximum atomic E-state index is 12.3. The Bertz CT molecular complexity index is 476. The average molecular weight is 255 g/mol. The fourth-order valence-corrected chi connectivity index (χ4v) is 4.23. The highest BCUT2D eigenvalue weighted by atomic mass is 32.2. The van der Waals surface area contributed by atoms with Crippen LogP contribution >= 0.6 is 0 Å². The second-order valence-corrected chi connectivity index (χ2v) is 6.70. The quantitative estimate of drug-likeness (QED) is 0.460. The van der Waals surface area contributed by atoms with Crippen molar-refractivity contribution >= 4 is 9.84 Å². The zero-order valence-corrected chi connectivity index (χ0v) is 10.5. The highest BCUT2D eigenvalue weighted by Gasteiger charge is 2.33. The molecule has 1 heterocycles. The number of pyridine rings is 1. The number of hydrogen-bond donors (Lipinski definition) is 0. The summed E-state index contributed by atoms with van der Waals surface area (Å²) in [5.74, 6) is 0. The normalized spacial score (nSPS) is 18.8. The first-order valence-corrected chi connectivity index (χ1v) is 7.59. The summed E-state index contributed by atoms with van der Waals surface area (Å²) in [6, 6.07) is 4.53. The predicted molar refractivity (Wildman–Crippen MR) is 64.1 cm³/mol. The zero-order valence-electron chi connectivity index (χ0n) is 9.71. The molecular formula is C12H17NO3S. The summed E-state index contributed by atoms with van der Waals surface area (Å²) in [6.45, 7) is 0. The van der Waals surface area contributed by atoms with E-state index in [4.69, 9.17) is 0 Å². The predicted octanol–water partition coefficient (Wildman–Crippen LogP) is 1.82. The van der Waals surface area contributed by atoms with Crippen LogP contribution in [0.25, 0.3) is 0 Å². The first-order valence-electron chi connectivity index (χ1n) is 6.04. The van der Waals surface area contributed by atoms with Gasteiger partial charge < -0.3 is 5.21 Å². The van der Waals surface area contributed by atoms with Crippen molar-refractivity contribution in [2.75, 3.05) is 0 Å². The molecule has 0 atom stereocenters. The minimum absolute atomic E-state index is 0.105. The molecule has 0 amide bonds. The Hall–Kier alpha value is -1.10. The topological polar surface area (TPSA) is 61.1 Å². The highest BCUT2D eigenvalue weighted by Crippen LogP contribution is 2.26. The molecule has 1 aromatic heterocycles. The lowest BCUT2D eigenvalue weighted by Gasteiger charge is -2.13. The summed E-state index contributed by atoms with van der Waals surface area (Å²) < 4.78 is 25.1. The molecule has 1 aliphatic rings. The Morgan fingerprint density at radius 1 is 1.12 bits per heavy atom. The Labute approximate surface area is 102 Å². The van der Waals surface area contributed by atoms with E-state index in [1.165, 1.54) is 12.3 Å². The molecule has 0 radical (unpaired) electrons. The number of sulfone groups is 1. The van der Waals surface area contributed by atoms with Crippen LogP contribution in [0.3, 0.4) is 0 Å². The van der Waals surface area contributed by atoms with Gasteiger partial charge >= 0.3 is 5.03 Å². The minimum atomic E-state index is -3.47. The molecule has 0 spiro atoms. The number of hydrogen-bond acceptors (Lipinski definition) is 3. The van der Waals surface area contributed by atoms with Crippen molar-refractivity contribution < 1.29 is 13.1 Å². The summed E-state index contributed by atoms with van der Waals surface area (Å²) in [4.78, 5) is 0. The van der Waals surface area contributed by atoms with E-state index in [1.807, 2.05) is 0 Å². The standard InChI is InChI=1S/C12H17NO3S/c14-13-10-6-5-9-12(13)17(15,16)11-7-3-1-2-4-8-11/h5-6,9-11H,1-4,7-8H2. The molecule has 0 unspecified atom stereocenters. The summed E-state index contributed by atoms with van der Waals surface area (Å²) >= 11 is 0. The molecule has 0 aromatic carbocycles. The maximum Gasteiger partial charge on any atom is 0.308 e. The lowest BCUT2D eigenvalue weighted by Crippen LogP contribution is -2.37. The van der Waals surface area contributed by atoms with Crippen molar-refractivity contribution in [1.82, 2.24) is 0 Å². The lowest BCUT2D eigenvalue weighted by atomic mass is 10.2. The number of nitrogens with zero attached hydrogens (tertiary/aromatic N) is 1. The zero-order chi connectivity index (χ0) is 12.3. The molecule has 1 aliphatic carbocycles. The number of rotatable bonds is 2. The summed E-state index contributed by atoms with van der Waals surface area (Å²) in [5.41, 5.74) is 0. The van der Waals surface area contributed by atoms with Gasteiger partial charge in [0.2, 0.25) is 9.84 Å². The van der Waals surface area contributed by atoms with Gasteiger partial charge in [-0.25, -0.2) is 8.42 Å². The van der Waals surface area contributed by atoms with Crippen molar-refractivity contribution in [3.63, 3.8) is 0 Å². The van der Waals surface area contributed by atoms with Gasteiger partial charge in [-0.3, -0.25) is 0 Å². The summed E-state index contributed by atoms with van der Waals surface area (Å²) in [7, 11) is -3.47. The maximum absolute atomic E-state index is 12.3. The Balaban J connectivity index is 2.32. The van der Waals surface area contributed by atoms with Crippen LogP contribution < -0.4 is 4.73 Å². The van der Waals surface area contributed by atoms with Crippen molar-refractivity contribution in [2.24, 2.45) is 0 Å². The van der Waals surface area contributed by atoms with Crippen LogP contribution in [0.15, 0.2) is 29.4 Å². The molecule has 2 rings (SSSR count). The van der Waals surface area contributed by atoms with Crippen LogP contribution in [0.2, 0.25) is 0 Å². The van der Waals surface area contributed by atoms with Crippen LogP contribution in [-0.2, 0) is 9.84 Å². The van der Waals surface area contributed by atoms with Gasteiger partial charge in [-0.2, -0.15) is 4.73 Å². The van der Waals surface area contributed by atoms with Gasteiger partial charge in [0.25, 0.3) is 0 Å². The van der Waals surface area contributed by atoms with Crippen molar-refractivity contribution in [2.45, 2.75) is 48.8 Å². The van der Waals surface area contributed by atoms with E-state index < -0.39 is 9.84 Å². The largest absolute Gasteiger partial charge is 0.618 e. The molecular weight excluding hydrogens is 238 g/mol. The third kappa shape index (κ3) is 2.60. The fourth-order valence-electron chi connectivity index (χ4n) is 2.36. The molecule has 17 heavy (non-hydrogen) atoms. The molecule has 1 saturated carbocycles. The smallest absolute Gasteiger partial charge is 0.308 e. The minimum Gasteiger partial charge on any atom is -0.618 e. The lowest BCUT2D eigenvalue weighted by molar-refractivity contribution is -0.646. The Morgan fingerprint density at radius 2 is 1.76 bits per heavy atom. The molecule has 4 nitrogen and oxygen atoms in total. The summed E-state index contributed by atoms with van der Waals surface area (Å²) in [5, 5.41) is 11.0. The molecule has 0 saturated heterocycles. The molecule has 1 aromatic rings. The van der Waals surface area contributed by atoms with Crippen molar-refractivity contribution in [3.05, 3.63) is 29.6 Å². The second-order valence-electron chi connectivity index (χ2n) is 4.52. The van der Waals surface area contributed by atoms with Gasteiger partial charge in [0.1, 0.15) is 0 Å². The molecule has 0 aliphatic heterocycles. The van der Waals surface area contributed by atoms with E-state index in [1.54, 1.807) is 12.1 Å². The van der Waals surface area contributed by atoms with Gasteiger partial charge in [-0.1, -0.05) is 25.7 Å². The van der Waals surface area contributed by atoms with Gasteiger partial charge in [0, 0.05) is 12.1 Å². The van der Waals surface area contributed by atoms with Gasteiger partial charge in [0.05, 0.1) is 5.25 Å². The molecule has 0 N–H and O–H groups in total. The third-order valence-electron chi connectivity index (χ3n) is 3.32. The van der Waals surface area contributed by atoms with E-state index in [-0.39, 0.29) is 10.3 Å². The van der Waals surface area contributed by atoms with E-state index in [2.05, 4.69) is 0 Å². The van der Waals surface area contributed by atoms with Crippen molar-refractivity contribution in [3.8, 4) is 0 Å². The van der Waals surface area contributed by atoms with Crippen LogP contribution in [-0.4, -0.2) is 13.7 Å². The van der Waals surface area contributed by atoms with Gasteiger partial charge in [-0.15, -0.1) is 0 Å². The number of aromatic nitrogens is 1. The van der Waals surface area contributed by atoms with E-state index >= 15 is 0 Å². The SMILES string of the molecule is O=S(=O)(c1cccc[n+]1[O-])C1CCCCCC1. The van der Waals surface area contributed by atoms with E-state index in [0.29, 0.717) is 17.6 Å². The molecule has 94 valence electrons. The molecule has 5 heteroatoms. The Kier molecular flexibility index (Phi) is 3.66. The summed E-state index contributed by atoms with van der Waals surface area (Å²) in [6.07, 6.45) is 6.67. The van der Waals surface area contributed by atoms with Crippen molar-refractivity contribution in [1.29, 1.82) is 0 Å².